The van der Waals surface area contributed by atoms with Gasteiger partial charge >= 0.3 is 0 Å². The lowest BCUT2D eigenvalue weighted by Gasteiger charge is -2.07. The quantitative estimate of drug-likeness (QED) is 0.906. The van der Waals surface area contributed by atoms with Gasteiger partial charge in [0.25, 0.3) is 5.89 Å². The van der Waals surface area contributed by atoms with Crippen molar-refractivity contribution >= 4 is 12.4 Å². The molecule has 120 valence electrons. The van der Waals surface area contributed by atoms with E-state index in [0.717, 1.165) is 12.8 Å². The Hall–Kier alpha value is -1.70. The lowest BCUT2D eigenvalue weighted by atomic mass is 10.2. The molecule has 1 aromatic heterocycles. The smallest absolute Gasteiger partial charge is 0.255 e. The molecule has 2 aromatic rings. The van der Waals surface area contributed by atoms with Gasteiger partial charge < -0.3 is 19.7 Å². The minimum absolute atomic E-state index is 0. The summed E-state index contributed by atoms with van der Waals surface area (Å²) in [6.07, 6.45) is 1.58. The van der Waals surface area contributed by atoms with E-state index < -0.39 is 0 Å². The Morgan fingerprint density at radius 1 is 1.27 bits per heavy atom. The number of aromatic nitrogens is 2. The predicted molar refractivity (Wildman–Crippen MR) is 78.2 cm³/mol. The number of benzene rings is 1. The molecular formula is C14H17ClFN3O3. The van der Waals surface area contributed by atoms with Crippen LogP contribution in [0.25, 0.3) is 0 Å². The van der Waals surface area contributed by atoms with Crippen molar-refractivity contribution in [2.45, 2.75) is 31.7 Å². The lowest BCUT2D eigenvalue weighted by Crippen LogP contribution is -2.18. The van der Waals surface area contributed by atoms with E-state index in [4.69, 9.17) is 19.7 Å². The Morgan fingerprint density at radius 3 is 2.73 bits per heavy atom. The van der Waals surface area contributed by atoms with Crippen LogP contribution in [0.4, 0.5) is 4.39 Å². The molecule has 1 aliphatic rings. The first kappa shape index (κ1) is 16.7. The average Bonchev–Trinajstić information content (AvgIpc) is 3.15. The van der Waals surface area contributed by atoms with Gasteiger partial charge in [-0.05, 0) is 37.1 Å². The molecule has 6 nitrogen and oxygen atoms in total. The van der Waals surface area contributed by atoms with Crippen molar-refractivity contribution in [1.29, 1.82) is 0 Å². The van der Waals surface area contributed by atoms with Gasteiger partial charge in [0.2, 0.25) is 5.82 Å². The van der Waals surface area contributed by atoms with Gasteiger partial charge in [-0.3, -0.25) is 0 Å². The number of hydrogen-bond donors (Lipinski definition) is 1. The zero-order valence-electron chi connectivity index (χ0n) is 11.8. The zero-order chi connectivity index (χ0) is 14.7. The fourth-order valence-electron chi connectivity index (χ4n) is 2.20. The normalized spacial score (nSPS) is 20.6. The number of hydrogen-bond acceptors (Lipinski definition) is 6. The summed E-state index contributed by atoms with van der Waals surface area (Å²) in [5, 5.41) is 3.85. The Bertz CT molecular complexity index is 593. The molecule has 2 heterocycles. The van der Waals surface area contributed by atoms with Crippen molar-refractivity contribution in [1.82, 2.24) is 10.1 Å². The van der Waals surface area contributed by atoms with Gasteiger partial charge in [0.15, 0.2) is 6.61 Å². The summed E-state index contributed by atoms with van der Waals surface area (Å²) >= 11 is 0. The molecule has 1 aliphatic heterocycles. The summed E-state index contributed by atoms with van der Waals surface area (Å²) in [6.45, 7) is 0.646. The first-order valence-electron chi connectivity index (χ1n) is 6.81. The Morgan fingerprint density at radius 2 is 2.05 bits per heavy atom. The summed E-state index contributed by atoms with van der Waals surface area (Å²) in [6, 6.07) is 5.75. The molecule has 2 unspecified atom stereocenters. The molecule has 0 aliphatic carbocycles. The molecule has 0 spiro atoms. The number of nitrogens with two attached hydrogens (primary N) is 1. The minimum atomic E-state index is -0.308. The van der Waals surface area contributed by atoms with Crippen molar-refractivity contribution in [3.63, 3.8) is 0 Å². The second kappa shape index (κ2) is 7.53. The maximum Gasteiger partial charge on any atom is 0.255 e. The third-order valence-corrected chi connectivity index (χ3v) is 3.31. The summed E-state index contributed by atoms with van der Waals surface area (Å²) in [4.78, 5) is 4.25. The minimum Gasteiger partial charge on any atom is -0.485 e. The van der Waals surface area contributed by atoms with E-state index in [2.05, 4.69) is 10.1 Å². The molecule has 2 N–H and O–H groups in total. The van der Waals surface area contributed by atoms with Gasteiger partial charge in [-0.1, -0.05) is 5.16 Å². The molecule has 3 rings (SSSR count). The van der Waals surface area contributed by atoms with Crippen molar-refractivity contribution in [2.75, 3.05) is 6.54 Å². The highest BCUT2D eigenvalue weighted by Crippen LogP contribution is 2.31. The highest BCUT2D eigenvalue weighted by Gasteiger charge is 2.29. The SMILES string of the molecule is Cl.NCC1CCC(c2nc(COc3ccc(F)cc3)no2)O1. The molecule has 0 amide bonds. The van der Waals surface area contributed by atoms with Crippen LogP contribution >= 0.6 is 12.4 Å². The summed E-state index contributed by atoms with van der Waals surface area (Å²) in [5.41, 5.74) is 5.56. The van der Waals surface area contributed by atoms with Crippen LogP contribution in [0.3, 0.4) is 0 Å². The second-order valence-electron chi connectivity index (χ2n) is 4.85. The van der Waals surface area contributed by atoms with Crippen LogP contribution in [0.1, 0.15) is 30.7 Å². The monoisotopic (exact) mass is 329 g/mol. The molecular weight excluding hydrogens is 313 g/mol. The largest absolute Gasteiger partial charge is 0.485 e. The van der Waals surface area contributed by atoms with Crippen LogP contribution < -0.4 is 10.5 Å². The van der Waals surface area contributed by atoms with Gasteiger partial charge in [0.05, 0.1) is 6.10 Å². The number of rotatable bonds is 5. The molecule has 2 atom stereocenters. The Kier molecular flexibility index (Phi) is 5.70. The van der Waals surface area contributed by atoms with Gasteiger partial charge in [0, 0.05) is 6.54 Å². The lowest BCUT2D eigenvalue weighted by molar-refractivity contribution is 0.0307. The Balaban J connectivity index is 0.00000176. The standard InChI is InChI=1S/C14H16FN3O3.ClH/c15-9-1-3-10(4-2-9)19-8-13-17-14(21-18-13)12-6-5-11(7-16)20-12;/h1-4,11-12H,5-8,16H2;1H. The van der Waals surface area contributed by atoms with Crippen LogP contribution in [0.5, 0.6) is 5.75 Å². The van der Waals surface area contributed by atoms with Crippen molar-refractivity contribution in [2.24, 2.45) is 5.73 Å². The van der Waals surface area contributed by atoms with Crippen molar-refractivity contribution < 1.29 is 18.4 Å². The highest BCUT2D eigenvalue weighted by molar-refractivity contribution is 5.85. The van der Waals surface area contributed by atoms with Gasteiger partial charge in [0.1, 0.15) is 17.7 Å². The van der Waals surface area contributed by atoms with E-state index in [1.807, 2.05) is 0 Å². The fourth-order valence-corrected chi connectivity index (χ4v) is 2.20. The Labute approximate surface area is 133 Å². The number of halogens is 2. The maximum atomic E-state index is 12.8. The van der Waals surface area contributed by atoms with Crippen LogP contribution in [0.2, 0.25) is 0 Å². The highest BCUT2D eigenvalue weighted by atomic mass is 35.5. The first-order chi connectivity index (χ1) is 10.2. The zero-order valence-corrected chi connectivity index (χ0v) is 12.6. The van der Waals surface area contributed by atoms with Gasteiger partial charge in [-0.2, -0.15) is 4.98 Å². The predicted octanol–water partition coefficient (Wildman–Crippen LogP) is 2.39. The number of nitrogens with zero attached hydrogens (tertiary/aromatic N) is 2. The topological polar surface area (TPSA) is 83.4 Å². The average molecular weight is 330 g/mol. The van der Waals surface area contributed by atoms with Crippen molar-refractivity contribution in [3.05, 3.63) is 41.8 Å². The van der Waals surface area contributed by atoms with E-state index in [9.17, 15) is 4.39 Å². The van der Waals surface area contributed by atoms with E-state index in [1.165, 1.54) is 12.1 Å². The van der Waals surface area contributed by atoms with Crippen LogP contribution in [0, 0.1) is 5.82 Å². The molecule has 1 saturated heterocycles. The summed E-state index contributed by atoms with van der Waals surface area (Å²) < 4.78 is 29.1. The molecule has 0 saturated carbocycles. The van der Waals surface area contributed by atoms with Crippen LogP contribution in [-0.4, -0.2) is 22.8 Å². The second-order valence-corrected chi connectivity index (χ2v) is 4.85. The molecule has 0 bridgehead atoms. The third-order valence-electron chi connectivity index (χ3n) is 3.31. The molecule has 22 heavy (non-hydrogen) atoms. The first-order valence-corrected chi connectivity index (χ1v) is 6.81. The third kappa shape index (κ3) is 3.94. The summed E-state index contributed by atoms with van der Waals surface area (Å²) in [5.74, 6) is 1.11. The fraction of sp³-hybridized carbons (Fsp3) is 0.429. The molecule has 1 fully saturated rings. The molecule has 8 heteroatoms. The molecule has 0 radical (unpaired) electrons. The van der Waals surface area contributed by atoms with E-state index >= 15 is 0 Å². The van der Waals surface area contributed by atoms with Crippen LogP contribution in [0.15, 0.2) is 28.8 Å². The van der Waals surface area contributed by atoms with Gasteiger partial charge in [-0.15, -0.1) is 12.4 Å². The van der Waals surface area contributed by atoms with E-state index in [-0.39, 0.29) is 37.0 Å². The number of ether oxygens (including phenoxy) is 2. The summed E-state index contributed by atoms with van der Waals surface area (Å²) in [7, 11) is 0. The van der Waals surface area contributed by atoms with Crippen molar-refractivity contribution in [3.8, 4) is 5.75 Å². The van der Waals surface area contributed by atoms with Gasteiger partial charge in [-0.25, -0.2) is 4.39 Å². The maximum absolute atomic E-state index is 12.8. The molecule has 1 aromatic carbocycles. The van der Waals surface area contributed by atoms with E-state index in [0.29, 0.717) is 24.0 Å². The van der Waals surface area contributed by atoms with E-state index in [1.54, 1.807) is 12.1 Å². The van der Waals surface area contributed by atoms with Crippen LogP contribution in [-0.2, 0) is 11.3 Å².